The van der Waals surface area contributed by atoms with Crippen LogP contribution < -0.4 is 10.9 Å². The van der Waals surface area contributed by atoms with Crippen LogP contribution in [0.2, 0.25) is 5.02 Å². The summed E-state index contributed by atoms with van der Waals surface area (Å²) >= 11 is 5.98. The molecule has 0 saturated carbocycles. The van der Waals surface area contributed by atoms with E-state index in [0.29, 0.717) is 27.9 Å². The van der Waals surface area contributed by atoms with Crippen LogP contribution in [0.25, 0.3) is 0 Å². The summed E-state index contributed by atoms with van der Waals surface area (Å²) in [6, 6.07) is 5.29. The van der Waals surface area contributed by atoms with Gasteiger partial charge in [0.2, 0.25) is 0 Å². The molecule has 0 spiro atoms. The first-order valence-electron chi connectivity index (χ1n) is 7.04. The van der Waals surface area contributed by atoms with Crippen LogP contribution in [-0.4, -0.2) is 36.1 Å². The minimum atomic E-state index is -0.672. The molecule has 4 N–H and O–H groups in total. The van der Waals surface area contributed by atoms with Gasteiger partial charge in [0.1, 0.15) is 15.7 Å². The van der Waals surface area contributed by atoms with Crippen LogP contribution >= 0.6 is 11.6 Å². The number of phenolic OH excluding ortho intramolecular Hbond substituents is 3. The fourth-order valence-electron chi connectivity index (χ4n) is 3.30. The predicted octanol–water partition coefficient (Wildman–Crippen LogP) is -0.457. The van der Waals surface area contributed by atoms with Crippen LogP contribution in [0, 0.1) is 0 Å². The Balaban J connectivity index is 2.23. The molecule has 112 valence electrons. The Bertz CT molecular complexity index is 750. The van der Waals surface area contributed by atoms with Crippen molar-refractivity contribution in [3.63, 3.8) is 0 Å². The number of aromatic hydroxyl groups is 3. The lowest BCUT2D eigenvalue weighted by Gasteiger charge is -2.21. The molecule has 0 bridgehead atoms. The summed E-state index contributed by atoms with van der Waals surface area (Å²) in [7, 11) is 3.46. The lowest BCUT2D eigenvalue weighted by atomic mass is 9.72. The number of phenols is 3. The summed E-state index contributed by atoms with van der Waals surface area (Å²) in [6.07, 6.45) is -0.276. The van der Waals surface area contributed by atoms with Gasteiger partial charge in [-0.2, -0.15) is 0 Å². The first kappa shape index (κ1) is 15.1. The van der Waals surface area contributed by atoms with E-state index in [4.69, 9.17) is 11.6 Å². The minimum Gasteiger partial charge on any atom is -0.505 e. The Labute approximate surface area is 134 Å². The highest BCUT2D eigenvalue weighted by molar-refractivity contribution is 6.51. The molecule has 0 amide bonds. The second-order valence-corrected chi connectivity index (χ2v) is 6.22. The molecular weight excluding hydrogens is 301 g/mol. The van der Waals surface area contributed by atoms with E-state index in [-0.39, 0.29) is 17.4 Å². The van der Waals surface area contributed by atoms with Crippen LogP contribution in [0.1, 0.15) is 35.1 Å². The molecule has 0 aliphatic heterocycles. The summed E-state index contributed by atoms with van der Waals surface area (Å²) in [5, 5.41) is 40.9. The van der Waals surface area contributed by atoms with Crippen LogP contribution in [0.5, 0.6) is 17.2 Å². The number of hydrogen-bond acceptors (Lipinski definition) is 4. The van der Waals surface area contributed by atoms with Crippen LogP contribution in [0.4, 0.5) is 0 Å². The Morgan fingerprint density at radius 2 is 1.64 bits per heavy atom. The number of aliphatic hydroxyl groups is 1. The second-order valence-electron chi connectivity index (χ2n) is 5.79. The van der Waals surface area contributed by atoms with E-state index in [1.54, 1.807) is 27.8 Å². The largest absolute Gasteiger partial charge is 0.505 e. The van der Waals surface area contributed by atoms with Gasteiger partial charge in [-0.3, -0.25) is 0 Å². The highest BCUT2D eigenvalue weighted by Crippen LogP contribution is 2.48. The third kappa shape index (κ3) is 2.06. The molecule has 2 atom stereocenters. The predicted molar refractivity (Wildman–Crippen MR) is 90.7 cm³/mol. The van der Waals surface area contributed by atoms with E-state index < -0.39 is 11.9 Å². The third-order valence-corrected chi connectivity index (χ3v) is 4.85. The topological polar surface area (TPSA) is 80.9 Å². The van der Waals surface area contributed by atoms with Gasteiger partial charge in [-0.05, 0) is 40.7 Å². The Kier molecular flexibility index (Phi) is 3.54. The lowest BCUT2D eigenvalue weighted by Crippen LogP contribution is -2.31. The molecule has 7 heteroatoms. The van der Waals surface area contributed by atoms with E-state index >= 15 is 0 Å². The molecule has 2 aromatic carbocycles. The Morgan fingerprint density at radius 3 is 2.32 bits per heavy atom. The highest BCUT2D eigenvalue weighted by atomic mass is 35.5. The first-order valence-corrected chi connectivity index (χ1v) is 7.42. The molecule has 4 nitrogen and oxygen atoms in total. The van der Waals surface area contributed by atoms with Gasteiger partial charge in [0.15, 0.2) is 17.2 Å². The summed E-state index contributed by atoms with van der Waals surface area (Å²) in [6.45, 7) is 0. The summed E-state index contributed by atoms with van der Waals surface area (Å²) < 4.78 is 0. The Hall–Kier alpha value is -1.78. The van der Waals surface area contributed by atoms with Gasteiger partial charge in [-0.15, -0.1) is 0 Å². The van der Waals surface area contributed by atoms with E-state index in [1.807, 2.05) is 6.07 Å². The molecule has 0 heterocycles. The molecule has 0 saturated heterocycles. The van der Waals surface area contributed by atoms with Crippen molar-refractivity contribution in [3.05, 3.63) is 39.9 Å². The maximum absolute atomic E-state index is 10.3. The summed E-state index contributed by atoms with van der Waals surface area (Å²) in [5.41, 5.74) is 3.37. The summed E-state index contributed by atoms with van der Waals surface area (Å²) in [5.74, 6) is -1.42. The van der Waals surface area contributed by atoms with Crippen molar-refractivity contribution in [3.8, 4) is 17.2 Å². The average Bonchev–Trinajstić information content (AvgIpc) is 2.80. The quantitative estimate of drug-likeness (QED) is 0.424. The molecule has 1 aliphatic rings. The van der Waals surface area contributed by atoms with Crippen molar-refractivity contribution < 1.29 is 20.4 Å². The first-order chi connectivity index (χ1) is 10.3. The number of aliphatic hydroxyl groups excluding tert-OH is 1. The van der Waals surface area contributed by atoms with Crippen molar-refractivity contribution in [2.75, 3.05) is 0 Å². The molecular formula is C15H15B2ClO4. The van der Waals surface area contributed by atoms with Gasteiger partial charge in [-0.1, -0.05) is 23.1 Å². The van der Waals surface area contributed by atoms with E-state index in [2.05, 4.69) is 0 Å². The van der Waals surface area contributed by atoms with Gasteiger partial charge in [-0.25, -0.2) is 0 Å². The van der Waals surface area contributed by atoms with Crippen molar-refractivity contribution in [1.82, 2.24) is 0 Å². The Morgan fingerprint density at radius 1 is 0.955 bits per heavy atom. The third-order valence-electron chi connectivity index (χ3n) is 4.62. The zero-order valence-electron chi connectivity index (χ0n) is 12.3. The summed E-state index contributed by atoms with van der Waals surface area (Å²) in [4.78, 5) is 0. The van der Waals surface area contributed by atoms with E-state index in [9.17, 15) is 20.4 Å². The zero-order chi connectivity index (χ0) is 16.2. The van der Waals surface area contributed by atoms with Gasteiger partial charge in [0, 0.05) is 10.9 Å². The normalized spacial score (nSPS) is 20.1. The van der Waals surface area contributed by atoms with Crippen LogP contribution in [0.3, 0.4) is 0 Å². The average molecular weight is 316 g/mol. The zero-order valence-corrected chi connectivity index (χ0v) is 13.0. The van der Waals surface area contributed by atoms with Gasteiger partial charge in [0.05, 0.1) is 6.10 Å². The van der Waals surface area contributed by atoms with E-state index in [0.717, 1.165) is 11.1 Å². The number of halogens is 1. The van der Waals surface area contributed by atoms with Crippen LogP contribution in [-0.2, 0) is 0 Å². The number of benzene rings is 2. The molecule has 0 unspecified atom stereocenters. The van der Waals surface area contributed by atoms with Crippen molar-refractivity contribution in [1.29, 1.82) is 0 Å². The maximum atomic E-state index is 10.3. The molecule has 1 aliphatic carbocycles. The monoisotopic (exact) mass is 316 g/mol. The molecule has 0 aromatic heterocycles. The fraction of sp³-hybridized carbons (Fsp3) is 0.200. The molecule has 0 fully saturated rings. The maximum Gasteiger partial charge on any atom is 0.199 e. The number of hydrogen-bond donors (Lipinski definition) is 4. The minimum absolute atomic E-state index is 0.257. The number of fused-ring (bicyclic) bond motifs is 1. The molecule has 3 rings (SSSR count). The highest BCUT2D eigenvalue weighted by Gasteiger charge is 2.35. The van der Waals surface area contributed by atoms with Gasteiger partial charge >= 0.3 is 0 Å². The smallest absolute Gasteiger partial charge is 0.199 e. The van der Waals surface area contributed by atoms with Gasteiger partial charge in [0.25, 0.3) is 0 Å². The number of rotatable bonds is 1. The molecule has 22 heavy (non-hydrogen) atoms. The second kappa shape index (κ2) is 5.14. The standard InChI is InChI=1S/C15H15B2ClO4/c16-11-10(13(20)15(22)14(21)12(11)17)8-4-9(19)7-3-5(18)1-2-6(7)8/h1-3,8-9,19-22H,4,16-17H2/t8-,9+/m1/s1. The molecule has 0 radical (unpaired) electrons. The van der Waals surface area contributed by atoms with Crippen molar-refractivity contribution in [2.45, 2.75) is 18.4 Å². The SMILES string of the molecule is Bc1c(B)c([C@@H]2C[C@H](O)c3cc(Cl)ccc32)c(O)c(O)c1O. The van der Waals surface area contributed by atoms with Gasteiger partial charge < -0.3 is 20.4 Å². The van der Waals surface area contributed by atoms with E-state index in [1.165, 1.54) is 0 Å². The molecule has 2 aromatic rings. The van der Waals surface area contributed by atoms with Crippen molar-refractivity contribution in [2.24, 2.45) is 0 Å². The van der Waals surface area contributed by atoms with Crippen LogP contribution in [0.15, 0.2) is 18.2 Å². The lowest BCUT2D eigenvalue weighted by molar-refractivity contribution is 0.176. The van der Waals surface area contributed by atoms with Crippen molar-refractivity contribution >= 4 is 38.2 Å². The fourth-order valence-corrected chi connectivity index (χ4v) is 3.48.